The molecule has 0 bridgehead atoms. The molecule has 0 atom stereocenters. The molecule has 2 aromatic rings. The van der Waals surface area contributed by atoms with Gasteiger partial charge in [0.25, 0.3) is 0 Å². The number of carbonyl (C=O) groups is 1. The Morgan fingerprint density at radius 2 is 2.08 bits per heavy atom. The van der Waals surface area contributed by atoms with E-state index in [9.17, 15) is 4.79 Å². The third kappa shape index (κ3) is 4.25. The lowest BCUT2D eigenvalue weighted by Gasteiger charge is -2.17. The van der Waals surface area contributed by atoms with Gasteiger partial charge in [0.2, 0.25) is 0 Å². The maximum Gasteiger partial charge on any atom is 0.409 e. The summed E-state index contributed by atoms with van der Waals surface area (Å²) in [5.74, 6) is 1.11. The molecule has 0 aliphatic heterocycles. The molecule has 0 radical (unpaired) electrons. The number of carboxylic acid groups (broad SMARTS) is 1. The van der Waals surface area contributed by atoms with Gasteiger partial charge in [0, 0.05) is 5.39 Å². The Balaban J connectivity index is 2.57. The summed E-state index contributed by atoms with van der Waals surface area (Å²) >= 11 is 6.46. The van der Waals surface area contributed by atoms with Crippen molar-refractivity contribution < 1.29 is 19.4 Å². The predicted molar refractivity (Wildman–Crippen MR) is 99.4 cm³/mol. The smallest absolute Gasteiger partial charge is 0.409 e. The normalized spacial score (nSPS) is 10.7. The van der Waals surface area contributed by atoms with Gasteiger partial charge in [-0.15, -0.1) is 0 Å². The number of aromatic nitrogens is 1. The second-order valence-electron chi connectivity index (χ2n) is 5.58. The number of rotatable bonds is 8. The van der Waals surface area contributed by atoms with E-state index in [0.717, 1.165) is 19.3 Å². The van der Waals surface area contributed by atoms with E-state index in [1.807, 2.05) is 6.92 Å². The quantitative estimate of drug-likeness (QED) is 0.634. The maximum atomic E-state index is 11.1. The van der Waals surface area contributed by atoms with Crippen LogP contribution in [0.25, 0.3) is 10.9 Å². The number of hydrogen-bond donors (Lipinski definition) is 2. The van der Waals surface area contributed by atoms with Crippen molar-refractivity contribution in [2.45, 2.75) is 39.5 Å². The first-order valence-electron chi connectivity index (χ1n) is 8.35. The van der Waals surface area contributed by atoms with Crippen molar-refractivity contribution in [3.05, 3.63) is 22.8 Å². The molecule has 0 aliphatic carbocycles. The number of anilines is 1. The Kier molecular flexibility index (Phi) is 6.70. The van der Waals surface area contributed by atoms with Gasteiger partial charge in [-0.05, 0) is 25.0 Å². The van der Waals surface area contributed by atoms with Gasteiger partial charge in [0.05, 0.1) is 30.1 Å². The van der Waals surface area contributed by atoms with Crippen LogP contribution in [0.1, 0.15) is 38.8 Å². The van der Waals surface area contributed by atoms with Crippen LogP contribution >= 0.6 is 11.6 Å². The van der Waals surface area contributed by atoms with E-state index in [1.54, 1.807) is 19.2 Å². The fourth-order valence-electron chi connectivity index (χ4n) is 2.61. The van der Waals surface area contributed by atoms with Crippen molar-refractivity contribution in [3.8, 4) is 11.5 Å². The average molecular weight is 367 g/mol. The van der Waals surface area contributed by atoms with Gasteiger partial charge < -0.3 is 14.6 Å². The molecule has 25 heavy (non-hydrogen) atoms. The predicted octanol–water partition coefficient (Wildman–Crippen LogP) is 5.12. The second kappa shape index (κ2) is 8.76. The number of pyridine rings is 1. The molecule has 0 unspecified atom stereocenters. The van der Waals surface area contributed by atoms with Crippen LogP contribution in [0.3, 0.4) is 0 Å². The third-order valence-corrected chi connectivity index (χ3v) is 4.26. The SMILES string of the molecule is CCCCCOc1c(OC)ccc2c(Cl)c(NC(=O)O)c(CC)nc12. The van der Waals surface area contributed by atoms with E-state index >= 15 is 0 Å². The van der Waals surface area contributed by atoms with Gasteiger partial charge in [-0.1, -0.05) is 38.3 Å². The minimum absolute atomic E-state index is 0.310. The molecule has 0 aliphatic rings. The van der Waals surface area contributed by atoms with Gasteiger partial charge in [0.15, 0.2) is 11.5 Å². The van der Waals surface area contributed by atoms with Gasteiger partial charge >= 0.3 is 6.09 Å². The van der Waals surface area contributed by atoms with Gasteiger partial charge in [-0.3, -0.25) is 5.32 Å². The van der Waals surface area contributed by atoms with Crippen LogP contribution in [-0.2, 0) is 6.42 Å². The summed E-state index contributed by atoms with van der Waals surface area (Å²) in [6.07, 6.45) is 2.46. The zero-order valence-corrected chi connectivity index (χ0v) is 15.4. The number of nitrogens with zero attached hydrogens (tertiary/aromatic N) is 1. The van der Waals surface area contributed by atoms with E-state index in [0.29, 0.717) is 51.8 Å². The van der Waals surface area contributed by atoms with E-state index in [4.69, 9.17) is 26.2 Å². The number of nitrogens with one attached hydrogen (secondary N) is 1. The van der Waals surface area contributed by atoms with E-state index in [1.165, 1.54) is 0 Å². The van der Waals surface area contributed by atoms with E-state index in [-0.39, 0.29) is 0 Å². The lowest BCUT2D eigenvalue weighted by molar-refractivity contribution is 0.209. The molecule has 136 valence electrons. The largest absolute Gasteiger partial charge is 0.493 e. The van der Waals surface area contributed by atoms with Crippen LogP contribution in [-0.4, -0.2) is 29.9 Å². The fourth-order valence-corrected chi connectivity index (χ4v) is 2.92. The number of hydrogen-bond acceptors (Lipinski definition) is 4. The number of benzene rings is 1. The fraction of sp³-hybridized carbons (Fsp3) is 0.444. The average Bonchev–Trinajstić information content (AvgIpc) is 2.60. The zero-order chi connectivity index (χ0) is 18.4. The number of aryl methyl sites for hydroxylation is 1. The molecule has 0 saturated heterocycles. The molecule has 1 aromatic heterocycles. The van der Waals surface area contributed by atoms with E-state index in [2.05, 4.69) is 17.2 Å². The number of unbranched alkanes of at least 4 members (excludes halogenated alkanes) is 2. The summed E-state index contributed by atoms with van der Waals surface area (Å²) < 4.78 is 11.3. The van der Waals surface area contributed by atoms with Crippen molar-refractivity contribution in [1.29, 1.82) is 0 Å². The summed E-state index contributed by atoms with van der Waals surface area (Å²) in [5, 5.41) is 12.3. The highest BCUT2D eigenvalue weighted by atomic mass is 35.5. The number of methoxy groups -OCH3 is 1. The summed E-state index contributed by atoms with van der Waals surface area (Å²) in [6.45, 7) is 4.57. The molecule has 2 N–H and O–H groups in total. The van der Waals surface area contributed by atoms with Crippen LogP contribution in [0.5, 0.6) is 11.5 Å². The summed E-state index contributed by atoms with van der Waals surface area (Å²) in [5.41, 5.74) is 1.45. The van der Waals surface area contributed by atoms with Gasteiger partial charge in [-0.2, -0.15) is 0 Å². The lowest BCUT2D eigenvalue weighted by atomic mass is 10.1. The standard InChI is InChI=1S/C18H23ClN2O4/c1-4-6-7-10-25-17-13(24-3)9-8-11-14(19)16(21-18(22)23)12(5-2)20-15(11)17/h8-9,21H,4-7,10H2,1-3H3,(H,22,23). The van der Waals surface area contributed by atoms with Crippen molar-refractivity contribution in [1.82, 2.24) is 4.98 Å². The first kappa shape index (κ1) is 19.1. The number of ether oxygens (including phenoxy) is 2. The molecule has 7 heteroatoms. The Morgan fingerprint density at radius 3 is 2.68 bits per heavy atom. The molecule has 6 nitrogen and oxygen atoms in total. The molecular formula is C18H23ClN2O4. The minimum atomic E-state index is -1.18. The molecule has 2 rings (SSSR count). The maximum absolute atomic E-state index is 11.1. The Labute approximate surface area is 152 Å². The molecule has 1 heterocycles. The summed E-state index contributed by atoms with van der Waals surface area (Å²) in [4.78, 5) is 15.7. The molecular weight excluding hydrogens is 344 g/mol. The van der Waals surface area contributed by atoms with Crippen LogP contribution < -0.4 is 14.8 Å². The molecule has 0 fully saturated rings. The highest BCUT2D eigenvalue weighted by Crippen LogP contribution is 2.41. The Hall–Kier alpha value is -2.21. The molecule has 0 saturated carbocycles. The molecule has 1 aromatic carbocycles. The summed E-state index contributed by atoms with van der Waals surface area (Å²) in [6, 6.07) is 3.51. The van der Waals surface area contributed by atoms with Crippen molar-refractivity contribution in [2.24, 2.45) is 0 Å². The van der Waals surface area contributed by atoms with Crippen LogP contribution in [0.2, 0.25) is 5.02 Å². The first-order chi connectivity index (χ1) is 12.0. The highest BCUT2D eigenvalue weighted by molar-refractivity contribution is 6.38. The van der Waals surface area contributed by atoms with Crippen molar-refractivity contribution in [3.63, 3.8) is 0 Å². The van der Waals surface area contributed by atoms with Crippen molar-refractivity contribution >= 4 is 34.3 Å². The van der Waals surface area contributed by atoms with Crippen LogP contribution in [0.15, 0.2) is 12.1 Å². The second-order valence-corrected chi connectivity index (χ2v) is 5.96. The lowest BCUT2D eigenvalue weighted by Crippen LogP contribution is -2.11. The minimum Gasteiger partial charge on any atom is -0.493 e. The molecule has 1 amide bonds. The number of halogens is 1. The molecule has 0 spiro atoms. The van der Waals surface area contributed by atoms with Crippen LogP contribution in [0, 0.1) is 0 Å². The zero-order valence-electron chi connectivity index (χ0n) is 14.7. The highest BCUT2D eigenvalue weighted by Gasteiger charge is 2.19. The Morgan fingerprint density at radius 1 is 1.32 bits per heavy atom. The van der Waals surface area contributed by atoms with Gasteiger partial charge in [0.1, 0.15) is 5.52 Å². The first-order valence-corrected chi connectivity index (χ1v) is 8.73. The Bertz CT molecular complexity index is 765. The van der Waals surface area contributed by atoms with Crippen LogP contribution in [0.4, 0.5) is 10.5 Å². The number of amides is 1. The van der Waals surface area contributed by atoms with E-state index < -0.39 is 6.09 Å². The van der Waals surface area contributed by atoms with Crippen molar-refractivity contribution in [2.75, 3.05) is 19.0 Å². The van der Waals surface area contributed by atoms with Gasteiger partial charge in [-0.25, -0.2) is 9.78 Å². The monoisotopic (exact) mass is 366 g/mol. The summed E-state index contributed by atoms with van der Waals surface area (Å²) in [7, 11) is 1.57. The number of fused-ring (bicyclic) bond motifs is 1. The third-order valence-electron chi connectivity index (χ3n) is 3.87. The topological polar surface area (TPSA) is 80.7 Å².